The van der Waals surface area contributed by atoms with Crippen molar-refractivity contribution < 1.29 is 8.78 Å². The molecule has 2 heteroatoms. The lowest BCUT2D eigenvalue weighted by Crippen LogP contribution is -2.16. The zero-order chi connectivity index (χ0) is 9.61. The van der Waals surface area contributed by atoms with Gasteiger partial charge < -0.3 is 0 Å². The first-order chi connectivity index (χ1) is 5.52. The van der Waals surface area contributed by atoms with Crippen molar-refractivity contribution in [3.05, 3.63) is 0 Å². The third-order valence-electron chi connectivity index (χ3n) is 2.32. The summed E-state index contributed by atoms with van der Waals surface area (Å²) in [6, 6.07) is 0. The van der Waals surface area contributed by atoms with Gasteiger partial charge in [-0.2, -0.15) is 0 Å². The van der Waals surface area contributed by atoms with Crippen molar-refractivity contribution in [2.45, 2.75) is 58.8 Å². The fraction of sp³-hybridized carbons (Fsp3) is 1.00. The Morgan fingerprint density at radius 2 is 1.75 bits per heavy atom. The highest BCUT2D eigenvalue weighted by Crippen LogP contribution is 2.28. The molecule has 0 aliphatic carbocycles. The Morgan fingerprint density at radius 3 is 2.17 bits per heavy atom. The highest BCUT2D eigenvalue weighted by molar-refractivity contribution is 4.66. The van der Waals surface area contributed by atoms with Crippen LogP contribution in [-0.4, -0.2) is 5.92 Å². The van der Waals surface area contributed by atoms with Crippen LogP contribution in [0.5, 0.6) is 0 Å². The predicted molar refractivity (Wildman–Crippen MR) is 48.5 cm³/mol. The molecule has 0 fully saturated rings. The largest absolute Gasteiger partial charge is 0.248 e. The molecular formula is C10H20F2. The van der Waals surface area contributed by atoms with Gasteiger partial charge in [0.05, 0.1) is 0 Å². The summed E-state index contributed by atoms with van der Waals surface area (Å²) in [6.45, 7) is 5.88. The monoisotopic (exact) mass is 178 g/mol. The van der Waals surface area contributed by atoms with Crippen LogP contribution in [0.2, 0.25) is 0 Å². The minimum Gasteiger partial charge on any atom is -0.207 e. The van der Waals surface area contributed by atoms with Gasteiger partial charge >= 0.3 is 0 Å². The first kappa shape index (κ1) is 11.9. The van der Waals surface area contributed by atoms with Crippen molar-refractivity contribution in [2.24, 2.45) is 5.92 Å². The van der Waals surface area contributed by atoms with E-state index in [-0.39, 0.29) is 12.8 Å². The molecule has 0 saturated carbocycles. The zero-order valence-electron chi connectivity index (χ0n) is 8.37. The van der Waals surface area contributed by atoms with E-state index >= 15 is 0 Å². The van der Waals surface area contributed by atoms with Crippen LogP contribution in [-0.2, 0) is 0 Å². The van der Waals surface area contributed by atoms with Gasteiger partial charge in [0.2, 0.25) is 5.92 Å². The molecule has 0 bridgehead atoms. The Bertz CT molecular complexity index is 110. The molecule has 0 aliphatic rings. The fourth-order valence-corrected chi connectivity index (χ4v) is 1.15. The maximum Gasteiger partial charge on any atom is 0.248 e. The Morgan fingerprint density at radius 1 is 1.17 bits per heavy atom. The summed E-state index contributed by atoms with van der Waals surface area (Å²) in [4.78, 5) is 0. The molecule has 0 aromatic heterocycles. The molecule has 0 radical (unpaired) electrons. The van der Waals surface area contributed by atoms with Crippen molar-refractivity contribution in [3.8, 4) is 0 Å². The van der Waals surface area contributed by atoms with E-state index in [0.717, 1.165) is 6.42 Å². The minimum atomic E-state index is -2.42. The minimum absolute atomic E-state index is 0.0451. The van der Waals surface area contributed by atoms with Crippen molar-refractivity contribution in [1.29, 1.82) is 0 Å². The summed E-state index contributed by atoms with van der Waals surface area (Å²) < 4.78 is 25.8. The number of rotatable bonds is 6. The standard InChI is InChI=1S/C10H20F2/c1-4-7-10(11,12)8-6-9(3)5-2/h9H,4-8H2,1-3H3. The van der Waals surface area contributed by atoms with Gasteiger partial charge in [-0.05, 0) is 12.3 Å². The van der Waals surface area contributed by atoms with Crippen LogP contribution in [0.3, 0.4) is 0 Å². The average Bonchev–Trinajstić information content (AvgIpc) is 2.00. The molecular weight excluding hydrogens is 158 g/mol. The van der Waals surface area contributed by atoms with Crippen LogP contribution in [0.15, 0.2) is 0 Å². The van der Waals surface area contributed by atoms with Crippen LogP contribution in [0, 0.1) is 5.92 Å². The molecule has 1 atom stereocenters. The molecule has 1 unspecified atom stereocenters. The van der Waals surface area contributed by atoms with Crippen LogP contribution in [0.25, 0.3) is 0 Å². The van der Waals surface area contributed by atoms with Gasteiger partial charge in [0, 0.05) is 12.8 Å². The smallest absolute Gasteiger partial charge is 0.207 e. The Kier molecular flexibility index (Phi) is 5.43. The number of hydrogen-bond acceptors (Lipinski definition) is 0. The van der Waals surface area contributed by atoms with E-state index in [1.807, 2.05) is 13.8 Å². The van der Waals surface area contributed by atoms with Crippen molar-refractivity contribution in [1.82, 2.24) is 0 Å². The molecule has 0 saturated heterocycles. The lowest BCUT2D eigenvalue weighted by Gasteiger charge is -2.17. The van der Waals surface area contributed by atoms with Gasteiger partial charge in [0.25, 0.3) is 0 Å². The second-order valence-electron chi connectivity index (χ2n) is 3.66. The maximum atomic E-state index is 12.9. The first-order valence-corrected chi connectivity index (χ1v) is 4.89. The summed E-state index contributed by atoms with van der Waals surface area (Å²) in [5.74, 6) is -1.98. The quantitative estimate of drug-likeness (QED) is 0.570. The van der Waals surface area contributed by atoms with E-state index in [0.29, 0.717) is 18.8 Å². The summed E-state index contributed by atoms with van der Waals surface area (Å²) in [5, 5.41) is 0. The SMILES string of the molecule is CCCC(F)(F)CCC(C)CC. The molecule has 0 aromatic carbocycles. The molecule has 0 rings (SSSR count). The predicted octanol–water partition coefficient (Wildman–Crippen LogP) is 4.25. The van der Waals surface area contributed by atoms with Crippen molar-refractivity contribution in [3.63, 3.8) is 0 Å². The fourth-order valence-electron chi connectivity index (χ4n) is 1.15. The summed E-state index contributed by atoms with van der Waals surface area (Å²) in [7, 11) is 0. The van der Waals surface area contributed by atoms with Gasteiger partial charge in [0.1, 0.15) is 0 Å². The van der Waals surface area contributed by atoms with Crippen LogP contribution >= 0.6 is 0 Å². The van der Waals surface area contributed by atoms with Crippen LogP contribution in [0.4, 0.5) is 8.78 Å². The Hall–Kier alpha value is -0.140. The van der Waals surface area contributed by atoms with Gasteiger partial charge in [-0.15, -0.1) is 0 Å². The van der Waals surface area contributed by atoms with E-state index < -0.39 is 5.92 Å². The first-order valence-electron chi connectivity index (χ1n) is 4.89. The summed E-state index contributed by atoms with van der Waals surface area (Å²) in [6.07, 6.45) is 2.35. The molecule has 0 aromatic rings. The van der Waals surface area contributed by atoms with Crippen LogP contribution in [0.1, 0.15) is 52.9 Å². The summed E-state index contributed by atoms with van der Waals surface area (Å²) >= 11 is 0. The van der Waals surface area contributed by atoms with Gasteiger partial charge in [-0.25, -0.2) is 8.78 Å². The highest BCUT2D eigenvalue weighted by Gasteiger charge is 2.27. The van der Waals surface area contributed by atoms with E-state index in [4.69, 9.17) is 0 Å². The molecule has 74 valence electrons. The summed E-state index contributed by atoms with van der Waals surface area (Å²) in [5.41, 5.74) is 0. The molecule has 0 N–H and O–H groups in total. The molecule has 0 heterocycles. The maximum absolute atomic E-state index is 12.9. The van der Waals surface area contributed by atoms with E-state index in [1.54, 1.807) is 6.92 Å². The Labute approximate surface area is 74.4 Å². The normalized spacial score (nSPS) is 14.8. The zero-order valence-corrected chi connectivity index (χ0v) is 8.37. The average molecular weight is 178 g/mol. The molecule has 12 heavy (non-hydrogen) atoms. The van der Waals surface area contributed by atoms with Crippen molar-refractivity contribution >= 4 is 0 Å². The number of hydrogen-bond donors (Lipinski definition) is 0. The van der Waals surface area contributed by atoms with Gasteiger partial charge in [-0.1, -0.05) is 33.6 Å². The number of halogens is 2. The van der Waals surface area contributed by atoms with E-state index in [2.05, 4.69) is 0 Å². The number of alkyl halides is 2. The molecule has 0 amide bonds. The Balaban J connectivity index is 3.59. The highest BCUT2D eigenvalue weighted by atomic mass is 19.3. The molecule has 0 aliphatic heterocycles. The topological polar surface area (TPSA) is 0 Å². The van der Waals surface area contributed by atoms with Gasteiger partial charge in [-0.3, -0.25) is 0 Å². The van der Waals surface area contributed by atoms with Crippen molar-refractivity contribution in [2.75, 3.05) is 0 Å². The van der Waals surface area contributed by atoms with Gasteiger partial charge in [0.15, 0.2) is 0 Å². The lowest BCUT2D eigenvalue weighted by atomic mass is 9.98. The van der Waals surface area contributed by atoms with E-state index in [9.17, 15) is 8.78 Å². The third-order valence-corrected chi connectivity index (χ3v) is 2.32. The van der Waals surface area contributed by atoms with E-state index in [1.165, 1.54) is 0 Å². The molecule has 0 nitrogen and oxygen atoms in total. The van der Waals surface area contributed by atoms with Crippen LogP contribution < -0.4 is 0 Å². The lowest BCUT2D eigenvalue weighted by molar-refractivity contribution is -0.0217. The second kappa shape index (κ2) is 5.50. The molecule has 0 spiro atoms. The third kappa shape index (κ3) is 5.50. The second-order valence-corrected chi connectivity index (χ2v) is 3.66.